The van der Waals surface area contributed by atoms with Crippen LogP contribution in [0.1, 0.15) is 19.8 Å². The van der Waals surface area contributed by atoms with Gasteiger partial charge in [-0.3, -0.25) is 0 Å². The Balaban J connectivity index is 2.23. The first-order chi connectivity index (χ1) is 4.30. The first-order valence-corrected chi connectivity index (χ1v) is 3.67. The summed E-state index contributed by atoms with van der Waals surface area (Å²) in [6, 6.07) is 0. The molecule has 0 amide bonds. The smallest absolute Gasteiger partial charge is 0.0931 e. The Labute approximate surface area is 56.3 Å². The van der Waals surface area contributed by atoms with Gasteiger partial charge < -0.3 is 5.32 Å². The third kappa shape index (κ3) is 1.95. The molecule has 1 rings (SSSR count). The van der Waals surface area contributed by atoms with Crippen molar-refractivity contribution in [2.75, 3.05) is 13.1 Å². The Bertz CT molecular complexity index is 77.0. The Morgan fingerprint density at radius 2 is 2.00 bits per heavy atom. The normalized spacial score (nSPS) is 26.0. The third-order valence-corrected chi connectivity index (χ3v) is 2.05. The monoisotopic (exact) mass is 128 g/mol. The fourth-order valence-electron chi connectivity index (χ4n) is 1.31. The molecule has 1 fully saturated rings. The fraction of sp³-hybridized carbons (Fsp3) is 1.00. The van der Waals surface area contributed by atoms with Gasteiger partial charge in [-0.2, -0.15) is 0 Å². The zero-order valence-electron chi connectivity index (χ0n) is 5.89. The maximum absolute atomic E-state index is 10.9. The standard InChI is InChI=1S/C7H14NO/c1-6(9)7-2-4-8-5-3-7/h6-8H,2-5H2,1H3. The highest BCUT2D eigenvalue weighted by molar-refractivity contribution is 4.71. The van der Waals surface area contributed by atoms with E-state index in [-0.39, 0.29) is 6.10 Å². The molecule has 1 N–H and O–H groups in total. The van der Waals surface area contributed by atoms with Crippen LogP contribution in [-0.4, -0.2) is 19.2 Å². The van der Waals surface area contributed by atoms with Gasteiger partial charge in [0.25, 0.3) is 0 Å². The van der Waals surface area contributed by atoms with Crippen LogP contribution in [0.25, 0.3) is 0 Å². The lowest BCUT2D eigenvalue weighted by atomic mass is 9.93. The topological polar surface area (TPSA) is 31.9 Å². The summed E-state index contributed by atoms with van der Waals surface area (Å²) in [5.74, 6) is 0.436. The SMILES string of the molecule is CC([O])C1CCNCC1. The van der Waals surface area contributed by atoms with Crippen molar-refractivity contribution in [3.05, 3.63) is 0 Å². The summed E-state index contributed by atoms with van der Waals surface area (Å²) in [5, 5.41) is 14.1. The molecule has 9 heavy (non-hydrogen) atoms. The maximum atomic E-state index is 10.9. The maximum Gasteiger partial charge on any atom is 0.0931 e. The molecule has 1 aliphatic rings. The van der Waals surface area contributed by atoms with Gasteiger partial charge in [0.05, 0.1) is 6.10 Å². The summed E-state index contributed by atoms with van der Waals surface area (Å²) in [5.41, 5.74) is 0. The van der Waals surface area contributed by atoms with E-state index in [0.717, 1.165) is 25.9 Å². The van der Waals surface area contributed by atoms with Crippen molar-refractivity contribution in [2.45, 2.75) is 25.9 Å². The van der Waals surface area contributed by atoms with Crippen LogP contribution in [0.2, 0.25) is 0 Å². The van der Waals surface area contributed by atoms with Crippen LogP contribution in [0.15, 0.2) is 0 Å². The average Bonchev–Trinajstić information content (AvgIpc) is 1.90. The molecule has 1 saturated heterocycles. The van der Waals surface area contributed by atoms with Crippen molar-refractivity contribution in [1.82, 2.24) is 5.32 Å². The van der Waals surface area contributed by atoms with Gasteiger partial charge in [0.1, 0.15) is 0 Å². The van der Waals surface area contributed by atoms with E-state index in [2.05, 4.69) is 5.32 Å². The minimum Gasteiger partial charge on any atom is -0.317 e. The lowest BCUT2D eigenvalue weighted by molar-refractivity contribution is 0.0391. The van der Waals surface area contributed by atoms with Crippen LogP contribution < -0.4 is 5.32 Å². The summed E-state index contributed by atoms with van der Waals surface area (Å²) in [4.78, 5) is 0. The minimum atomic E-state index is -0.355. The molecule has 2 heteroatoms. The van der Waals surface area contributed by atoms with Gasteiger partial charge in [0, 0.05) is 0 Å². The van der Waals surface area contributed by atoms with Gasteiger partial charge in [-0.1, -0.05) is 0 Å². The Hall–Kier alpha value is -0.0800. The van der Waals surface area contributed by atoms with E-state index in [1.54, 1.807) is 6.92 Å². The van der Waals surface area contributed by atoms with Gasteiger partial charge in [-0.15, -0.1) is 0 Å². The number of piperidine rings is 1. The molecule has 53 valence electrons. The molecular weight excluding hydrogens is 114 g/mol. The molecule has 0 bridgehead atoms. The molecule has 1 aliphatic heterocycles. The molecule has 1 heterocycles. The highest BCUT2D eigenvalue weighted by atomic mass is 16.3. The second kappa shape index (κ2) is 3.18. The van der Waals surface area contributed by atoms with Crippen LogP contribution in [0.4, 0.5) is 0 Å². The van der Waals surface area contributed by atoms with Gasteiger partial charge in [0.2, 0.25) is 0 Å². The highest BCUT2D eigenvalue weighted by Gasteiger charge is 2.18. The number of hydrogen-bond acceptors (Lipinski definition) is 1. The number of rotatable bonds is 1. The molecule has 2 nitrogen and oxygen atoms in total. The fourth-order valence-corrected chi connectivity index (χ4v) is 1.31. The second-order valence-corrected chi connectivity index (χ2v) is 2.79. The minimum absolute atomic E-state index is 0.355. The van der Waals surface area contributed by atoms with E-state index in [4.69, 9.17) is 0 Å². The van der Waals surface area contributed by atoms with Gasteiger partial charge in [-0.25, -0.2) is 5.11 Å². The predicted octanol–water partition coefficient (Wildman–Crippen LogP) is 0.805. The van der Waals surface area contributed by atoms with E-state index in [9.17, 15) is 5.11 Å². The molecule has 1 atom stereocenters. The van der Waals surface area contributed by atoms with Crippen molar-refractivity contribution < 1.29 is 5.11 Å². The quantitative estimate of drug-likeness (QED) is 0.556. The van der Waals surface area contributed by atoms with Crippen molar-refractivity contribution in [3.8, 4) is 0 Å². The number of nitrogens with one attached hydrogen (secondary N) is 1. The Morgan fingerprint density at radius 3 is 2.33 bits per heavy atom. The second-order valence-electron chi connectivity index (χ2n) is 2.79. The molecule has 0 aromatic rings. The summed E-state index contributed by atoms with van der Waals surface area (Å²) in [6.45, 7) is 3.85. The van der Waals surface area contributed by atoms with Crippen LogP contribution in [0.3, 0.4) is 0 Å². The third-order valence-electron chi connectivity index (χ3n) is 2.05. The van der Waals surface area contributed by atoms with Gasteiger partial charge in [0.15, 0.2) is 0 Å². The molecule has 0 aromatic heterocycles. The average molecular weight is 128 g/mol. The van der Waals surface area contributed by atoms with E-state index in [1.165, 1.54) is 0 Å². The van der Waals surface area contributed by atoms with Gasteiger partial charge in [-0.05, 0) is 38.8 Å². The molecule has 0 aliphatic carbocycles. The van der Waals surface area contributed by atoms with E-state index in [1.807, 2.05) is 0 Å². The van der Waals surface area contributed by atoms with Gasteiger partial charge >= 0.3 is 0 Å². The van der Waals surface area contributed by atoms with Crippen molar-refractivity contribution in [3.63, 3.8) is 0 Å². The van der Waals surface area contributed by atoms with E-state index in [0.29, 0.717) is 5.92 Å². The zero-order valence-corrected chi connectivity index (χ0v) is 5.89. The highest BCUT2D eigenvalue weighted by Crippen LogP contribution is 2.15. The van der Waals surface area contributed by atoms with Crippen molar-refractivity contribution in [2.24, 2.45) is 5.92 Å². The summed E-state index contributed by atoms with van der Waals surface area (Å²) < 4.78 is 0. The predicted molar refractivity (Wildman–Crippen MR) is 35.7 cm³/mol. The van der Waals surface area contributed by atoms with Crippen LogP contribution in [0.5, 0.6) is 0 Å². The van der Waals surface area contributed by atoms with Crippen LogP contribution in [0, 0.1) is 5.92 Å². The molecule has 0 aromatic carbocycles. The summed E-state index contributed by atoms with van der Waals surface area (Å²) in [6.07, 6.45) is 1.79. The van der Waals surface area contributed by atoms with E-state index < -0.39 is 0 Å². The largest absolute Gasteiger partial charge is 0.317 e. The molecule has 0 spiro atoms. The molecule has 1 radical (unpaired) electrons. The molecule has 0 saturated carbocycles. The van der Waals surface area contributed by atoms with E-state index >= 15 is 0 Å². The first-order valence-electron chi connectivity index (χ1n) is 3.67. The summed E-state index contributed by atoms with van der Waals surface area (Å²) >= 11 is 0. The first kappa shape index (κ1) is 7.03. The molecular formula is C7H14NO. The van der Waals surface area contributed by atoms with Crippen LogP contribution >= 0.6 is 0 Å². The van der Waals surface area contributed by atoms with Crippen molar-refractivity contribution in [1.29, 1.82) is 0 Å². The zero-order chi connectivity index (χ0) is 6.69. The number of hydrogen-bond donors (Lipinski definition) is 1. The van der Waals surface area contributed by atoms with Crippen LogP contribution in [-0.2, 0) is 5.11 Å². The summed E-state index contributed by atoms with van der Waals surface area (Å²) in [7, 11) is 0. The van der Waals surface area contributed by atoms with Crippen molar-refractivity contribution >= 4 is 0 Å². The lowest BCUT2D eigenvalue weighted by Gasteiger charge is -2.23. The Kier molecular flexibility index (Phi) is 2.49. The Morgan fingerprint density at radius 1 is 1.44 bits per heavy atom. The molecule has 1 unspecified atom stereocenters. The lowest BCUT2D eigenvalue weighted by Crippen LogP contribution is -2.32.